The number of hydrogen-bond acceptors (Lipinski definition) is 4. The summed E-state index contributed by atoms with van der Waals surface area (Å²) in [6, 6.07) is 12.6. The molecule has 0 spiro atoms. The molecule has 1 aromatic heterocycles. The minimum atomic E-state index is 0. The van der Waals surface area contributed by atoms with Crippen LogP contribution in [-0.4, -0.2) is 50.3 Å². The van der Waals surface area contributed by atoms with Crippen molar-refractivity contribution in [1.82, 2.24) is 15.5 Å². The third-order valence-electron chi connectivity index (χ3n) is 4.66. The number of morpholine rings is 1. The highest BCUT2D eigenvalue weighted by Crippen LogP contribution is 2.21. The average Bonchev–Trinajstić information content (AvgIpc) is 3.13. The summed E-state index contributed by atoms with van der Waals surface area (Å²) in [5, 5.41) is 6.76. The molecule has 1 saturated heterocycles. The second kappa shape index (κ2) is 13.4. The van der Waals surface area contributed by atoms with Crippen LogP contribution in [0, 0.1) is 0 Å². The minimum Gasteiger partial charge on any atom is -0.379 e. The number of nitrogens with one attached hydrogen (secondary N) is 2. The molecule has 0 atom stereocenters. The third kappa shape index (κ3) is 8.41. The van der Waals surface area contributed by atoms with Crippen molar-refractivity contribution in [3.05, 3.63) is 56.7 Å². The number of benzene rings is 1. The van der Waals surface area contributed by atoms with E-state index in [0.717, 1.165) is 62.7 Å². The Morgan fingerprint density at radius 2 is 1.90 bits per heavy atom. The van der Waals surface area contributed by atoms with Crippen molar-refractivity contribution in [1.29, 1.82) is 0 Å². The zero-order valence-electron chi connectivity index (χ0n) is 16.8. The van der Waals surface area contributed by atoms with Gasteiger partial charge < -0.3 is 15.4 Å². The standard InChI is InChI=1S/C21H29ClN4OS.HI/c1-2-23-21(24-10-9-19-7-8-20(22)28-19)25-15-17-5-3-4-6-18(17)16-26-11-13-27-14-12-26;/h3-8H,2,9-16H2,1H3,(H2,23,24,25);1H. The number of ether oxygens (including phenoxy) is 1. The lowest BCUT2D eigenvalue weighted by Crippen LogP contribution is -2.38. The molecule has 1 fully saturated rings. The molecule has 0 radical (unpaired) electrons. The van der Waals surface area contributed by atoms with Crippen molar-refractivity contribution in [2.75, 3.05) is 39.4 Å². The molecular weight excluding hydrogens is 519 g/mol. The predicted molar refractivity (Wildman–Crippen MR) is 134 cm³/mol. The molecule has 0 aliphatic carbocycles. The number of aliphatic imine (C=N–C) groups is 1. The van der Waals surface area contributed by atoms with Crippen LogP contribution >= 0.6 is 46.9 Å². The minimum absolute atomic E-state index is 0. The van der Waals surface area contributed by atoms with Crippen LogP contribution in [-0.2, 0) is 24.2 Å². The largest absolute Gasteiger partial charge is 0.379 e. The van der Waals surface area contributed by atoms with Crippen LogP contribution < -0.4 is 10.6 Å². The molecule has 1 aromatic carbocycles. The van der Waals surface area contributed by atoms with Crippen molar-refractivity contribution in [2.45, 2.75) is 26.4 Å². The molecule has 1 aliphatic heterocycles. The van der Waals surface area contributed by atoms with E-state index in [2.05, 4.69) is 52.8 Å². The normalized spacial score (nSPS) is 15.0. The maximum absolute atomic E-state index is 6.01. The molecule has 29 heavy (non-hydrogen) atoms. The van der Waals surface area contributed by atoms with E-state index in [9.17, 15) is 0 Å². The number of hydrogen-bond donors (Lipinski definition) is 2. The Bertz CT molecular complexity index is 765. The Balaban J connectivity index is 0.00000300. The van der Waals surface area contributed by atoms with Gasteiger partial charge in [0.1, 0.15) is 0 Å². The first kappa shape index (κ1) is 24.4. The Morgan fingerprint density at radius 1 is 1.14 bits per heavy atom. The molecule has 1 aliphatic rings. The van der Waals surface area contributed by atoms with E-state index in [4.69, 9.17) is 21.3 Å². The first-order chi connectivity index (χ1) is 13.7. The lowest BCUT2D eigenvalue weighted by Gasteiger charge is -2.27. The molecule has 0 saturated carbocycles. The van der Waals surface area contributed by atoms with E-state index in [1.165, 1.54) is 16.0 Å². The van der Waals surface area contributed by atoms with Gasteiger partial charge in [0.2, 0.25) is 0 Å². The second-order valence-corrected chi connectivity index (χ2v) is 8.53. The maximum atomic E-state index is 6.01. The van der Waals surface area contributed by atoms with Crippen LogP contribution in [0.3, 0.4) is 0 Å². The van der Waals surface area contributed by atoms with Gasteiger partial charge in [-0.3, -0.25) is 4.90 Å². The van der Waals surface area contributed by atoms with Crippen LogP contribution in [0.25, 0.3) is 0 Å². The van der Waals surface area contributed by atoms with Crippen molar-refractivity contribution in [2.24, 2.45) is 4.99 Å². The third-order valence-corrected chi connectivity index (χ3v) is 5.95. The molecule has 2 heterocycles. The molecule has 3 rings (SSSR count). The molecule has 2 aromatic rings. The van der Waals surface area contributed by atoms with Gasteiger partial charge in [-0.1, -0.05) is 35.9 Å². The summed E-state index contributed by atoms with van der Waals surface area (Å²) >= 11 is 7.64. The predicted octanol–water partition coefficient (Wildman–Crippen LogP) is 4.15. The van der Waals surface area contributed by atoms with Gasteiger partial charge in [0, 0.05) is 37.6 Å². The SMILES string of the molecule is CCNC(=NCc1ccccc1CN1CCOCC1)NCCc1ccc(Cl)s1.I. The summed E-state index contributed by atoms with van der Waals surface area (Å²) in [6.07, 6.45) is 0.940. The first-order valence-electron chi connectivity index (χ1n) is 9.88. The van der Waals surface area contributed by atoms with Gasteiger partial charge >= 0.3 is 0 Å². The lowest BCUT2D eigenvalue weighted by molar-refractivity contribution is 0.0341. The molecule has 2 N–H and O–H groups in total. The number of rotatable bonds is 8. The quantitative estimate of drug-likeness (QED) is 0.296. The highest BCUT2D eigenvalue weighted by atomic mass is 127. The van der Waals surface area contributed by atoms with Gasteiger partial charge in [0.25, 0.3) is 0 Å². The molecule has 5 nitrogen and oxygen atoms in total. The highest BCUT2D eigenvalue weighted by Gasteiger charge is 2.12. The fraction of sp³-hybridized carbons (Fsp3) is 0.476. The van der Waals surface area contributed by atoms with Crippen LogP contribution in [0.5, 0.6) is 0 Å². The number of nitrogens with zero attached hydrogens (tertiary/aromatic N) is 2. The van der Waals surface area contributed by atoms with E-state index in [0.29, 0.717) is 6.54 Å². The summed E-state index contributed by atoms with van der Waals surface area (Å²) < 4.78 is 6.30. The molecule has 0 unspecified atom stereocenters. The van der Waals surface area contributed by atoms with Gasteiger partial charge in [-0.25, -0.2) is 4.99 Å². The van der Waals surface area contributed by atoms with Gasteiger partial charge in [-0.05, 0) is 36.6 Å². The maximum Gasteiger partial charge on any atom is 0.191 e. The van der Waals surface area contributed by atoms with Gasteiger partial charge in [-0.2, -0.15) is 0 Å². The van der Waals surface area contributed by atoms with Crippen molar-refractivity contribution in [3.63, 3.8) is 0 Å². The summed E-state index contributed by atoms with van der Waals surface area (Å²) in [7, 11) is 0. The second-order valence-electron chi connectivity index (χ2n) is 6.73. The van der Waals surface area contributed by atoms with E-state index in [-0.39, 0.29) is 24.0 Å². The Hall–Kier alpha value is -0.870. The molecule has 0 bridgehead atoms. The average molecular weight is 549 g/mol. The Labute approximate surface area is 199 Å². The van der Waals surface area contributed by atoms with Crippen molar-refractivity contribution >= 4 is 52.9 Å². The fourth-order valence-electron chi connectivity index (χ4n) is 3.16. The highest BCUT2D eigenvalue weighted by molar-refractivity contribution is 14.0. The summed E-state index contributed by atoms with van der Waals surface area (Å²) in [5.74, 6) is 0.853. The molecule has 8 heteroatoms. The fourth-order valence-corrected chi connectivity index (χ4v) is 4.25. The monoisotopic (exact) mass is 548 g/mol. The summed E-state index contributed by atoms with van der Waals surface area (Å²) in [6.45, 7) is 9.02. The number of guanidine groups is 1. The topological polar surface area (TPSA) is 48.9 Å². The molecular formula is C21H30ClIN4OS. The van der Waals surface area contributed by atoms with E-state index < -0.39 is 0 Å². The van der Waals surface area contributed by atoms with E-state index >= 15 is 0 Å². The Morgan fingerprint density at radius 3 is 2.59 bits per heavy atom. The van der Waals surface area contributed by atoms with Crippen LogP contribution in [0.15, 0.2) is 41.4 Å². The molecule has 0 amide bonds. The van der Waals surface area contributed by atoms with Crippen LogP contribution in [0.2, 0.25) is 4.34 Å². The van der Waals surface area contributed by atoms with Crippen molar-refractivity contribution in [3.8, 4) is 0 Å². The summed E-state index contributed by atoms with van der Waals surface area (Å²) in [4.78, 5) is 8.53. The Kier molecular flexibility index (Phi) is 11.3. The van der Waals surface area contributed by atoms with Crippen LogP contribution in [0.1, 0.15) is 22.9 Å². The van der Waals surface area contributed by atoms with Gasteiger partial charge in [0.15, 0.2) is 5.96 Å². The van der Waals surface area contributed by atoms with Gasteiger partial charge in [-0.15, -0.1) is 35.3 Å². The number of thiophene rings is 1. The van der Waals surface area contributed by atoms with Gasteiger partial charge in [0.05, 0.1) is 24.1 Å². The smallest absolute Gasteiger partial charge is 0.191 e. The first-order valence-corrected chi connectivity index (χ1v) is 11.1. The summed E-state index contributed by atoms with van der Waals surface area (Å²) in [5.41, 5.74) is 2.62. The molecule has 160 valence electrons. The lowest BCUT2D eigenvalue weighted by atomic mass is 10.1. The van der Waals surface area contributed by atoms with Crippen molar-refractivity contribution < 1.29 is 4.74 Å². The zero-order chi connectivity index (χ0) is 19.6. The van der Waals surface area contributed by atoms with E-state index in [1.807, 2.05) is 6.07 Å². The van der Waals surface area contributed by atoms with Crippen LogP contribution in [0.4, 0.5) is 0 Å². The zero-order valence-corrected chi connectivity index (χ0v) is 20.7. The van der Waals surface area contributed by atoms with E-state index in [1.54, 1.807) is 11.3 Å². The number of halogens is 2.